The van der Waals surface area contributed by atoms with Crippen LogP contribution >= 0.6 is 27.5 Å². The van der Waals surface area contributed by atoms with Crippen LogP contribution in [0.1, 0.15) is 37.8 Å². The molecule has 0 aliphatic carbocycles. The minimum Gasteiger partial charge on any atom is -0.493 e. The summed E-state index contributed by atoms with van der Waals surface area (Å²) in [5.74, 6) is 0.528. The largest absolute Gasteiger partial charge is 0.493 e. The average molecular weight is 608 g/mol. The van der Waals surface area contributed by atoms with Gasteiger partial charge in [-0.3, -0.25) is 4.79 Å². The molecule has 0 aromatic heterocycles. The highest BCUT2D eigenvalue weighted by Crippen LogP contribution is 2.30. The lowest BCUT2D eigenvalue weighted by atomic mass is 9.99. The summed E-state index contributed by atoms with van der Waals surface area (Å²) in [6.45, 7) is 5.28. The van der Waals surface area contributed by atoms with E-state index in [-0.39, 0.29) is 29.2 Å². The summed E-state index contributed by atoms with van der Waals surface area (Å²) in [6.07, 6.45) is 1.53. The molecule has 1 N–H and O–H groups in total. The lowest BCUT2D eigenvalue weighted by Crippen LogP contribution is -2.31. The average Bonchev–Trinajstić information content (AvgIpc) is 2.91. The zero-order chi connectivity index (χ0) is 26.8. The molecule has 0 fully saturated rings. The number of benzene rings is 3. The van der Waals surface area contributed by atoms with Crippen LogP contribution in [-0.2, 0) is 27.9 Å². The molecule has 0 bridgehead atoms. The normalized spacial score (nSPS) is 11.4. The first-order valence-electron chi connectivity index (χ1n) is 12.2. The number of hydrogen-bond acceptors (Lipinski definition) is 4. The zero-order valence-corrected chi connectivity index (χ0v) is 24.2. The molecule has 0 aliphatic heterocycles. The van der Waals surface area contributed by atoms with Gasteiger partial charge in [0.15, 0.2) is 0 Å². The fourth-order valence-electron chi connectivity index (χ4n) is 3.84. The van der Waals surface area contributed by atoms with Crippen LogP contribution in [0.3, 0.4) is 0 Å². The first-order valence-corrected chi connectivity index (χ1v) is 15.2. The second-order valence-electron chi connectivity index (χ2n) is 8.57. The number of carbonyl (C=O) groups is 1. The Morgan fingerprint density at radius 2 is 1.70 bits per heavy atom. The van der Waals surface area contributed by atoms with Crippen molar-refractivity contribution in [1.29, 1.82) is 0 Å². The summed E-state index contributed by atoms with van der Waals surface area (Å²) in [7, 11) is -3.69. The molecule has 0 saturated carbocycles. The van der Waals surface area contributed by atoms with Crippen LogP contribution in [0.5, 0.6) is 5.75 Å². The summed E-state index contributed by atoms with van der Waals surface area (Å²) < 4.78 is 34.3. The SMILES string of the molecule is CCCNS(=O)(=O)c1ccc(-c2ccccc2)c(CN(Cc2cc(Cl)ccc2OCCC)C(=O)CBr)c1. The standard InChI is InChI=1S/C28H32BrClN2O4S/c1-3-14-31-37(34,35)25-11-12-26(21-8-6-5-7-9-21)22(17-25)19-32(28(33)18-29)20-23-16-24(30)10-13-27(23)36-15-4-2/h5-13,16-17,31H,3-4,14-15,18-20H2,1-2H3. The maximum Gasteiger partial charge on any atom is 0.240 e. The van der Waals surface area contributed by atoms with E-state index in [1.807, 2.05) is 50.2 Å². The molecule has 3 rings (SSSR count). The van der Waals surface area contributed by atoms with Gasteiger partial charge in [-0.15, -0.1) is 0 Å². The quantitative estimate of drug-likeness (QED) is 0.228. The Kier molecular flexibility index (Phi) is 11.0. The third-order valence-corrected chi connectivity index (χ3v) is 7.86. The molecule has 37 heavy (non-hydrogen) atoms. The number of carbonyl (C=O) groups excluding carboxylic acids is 1. The second kappa shape index (κ2) is 14.0. The third-order valence-electron chi connectivity index (χ3n) is 5.69. The highest BCUT2D eigenvalue weighted by Gasteiger charge is 2.21. The minimum atomic E-state index is -3.69. The minimum absolute atomic E-state index is 0.120. The molecule has 9 heteroatoms. The van der Waals surface area contributed by atoms with Crippen LogP contribution in [0.4, 0.5) is 0 Å². The van der Waals surface area contributed by atoms with E-state index in [1.165, 1.54) is 0 Å². The molecular weight excluding hydrogens is 576 g/mol. The Morgan fingerprint density at radius 3 is 2.38 bits per heavy atom. The first kappa shape index (κ1) is 29.2. The van der Waals surface area contributed by atoms with Crippen LogP contribution in [0.25, 0.3) is 11.1 Å². The molecule has 6 nitrogen and oxygen atoms in total. The molecule has 1 amide bonds. The number of halogens is 2. The molecule has 0 atom stereocenters. The van der Waals surface area contributed by atoms with E-state index in [4.69, 9.17) is 16.3 Å². The number of sulfonamides is 1. The van der Waals surface area contributed by atoms with Crippen LogP contribution in [0.2, 0.25) is 5.02 Å². The van der Waals surface area contributed by atoms with Crippen molar-refractivity contribution in [3.63, 3.8) is 0 Å². The number of rotatable bonds is 13. The van der Waals surface area contributed by atoms with E-state index >= 15 is 0 Å². The fraction of sp³-hybridized carbons (Fsp3) is 0.321. The van der Waals surface area contributed by atoms with E-state index in [2.05, 4.69) is 20.7 Å². The molecule has 0 spiro atoms. The van der Waals surface area contributed by atoms with Crippen molar-refractivity contribution in [2.75, 3.05) is 18.5 Å². The van der Waals surface area contributed by atoms with Gasteiger partial charge >= 0.3 is 0 Å². The van der Waals surface area contributed by atoms with Crippen molar-refractivity contribution in [2.45, 2.75) is 44.7 Å². The van der Waals surface area contributed by atoms with Crippen molar-refractivity contribution in [3.05, 3.63) is 82.9 Å². The van der Waals surface area contributed by atoms with Gasteiger partial charge < -0.3 is 9.64 Å². The predicted octanol–water partition coefficient (Wildman–Crippen LogP) is 6.41. The number of nitrogens with zero attached hydrogens (tertiary/aromatic N) is 1. The highest BCUT2D eigenvalue weighted by molar-refractivity contribution is 9.09. The number of amides is 1. The maximum atomic E-state index is 13.1. The van der Waals surface area contributed by atoms with E-state index in [9.17, 15) is 13.2 Å². The zero-order valence-electron chi connectivity index (χ0n) is 21.0. The Hall–Kier alpha value is -2.39. The first-order chi connectivity index (χ1) is 17.8. The van der Waals surface area contributed by atoms with Gasteiger partial charge in [0.1, 0.15) is 5.75 Å². The number of alkyl halides is 1. The van der Waals surface area contributed by atoms with Crippen LogP contribution in [0.15, 0.2) is 71.6 Å². The summed E-state index contributed by atoms with van der Waals surface area (Å²) in [5, 5.41) is 0.667. The van der Waals surface area contributed by atoms with Crippen molar-refractivity contribution >= 4 is 43.5 Å². The number of ether oxygens (including phenoxy) is 1. The van der Waals surface area contributed by atoms with Crippen molar-refractivity contribution in [1.82, 2.24) is 9.62 Å². The van der Waals surface area contributed by atoms with Crippen molar-refractivity contribution in [3.8, 4) is 16.9 Å². The van der Waals surface area contributed by atoms with Crippen molar-refractivity contribution in [2.24, 2.45) is 0 Å². The van der Waals surface area contributed by atoms with Crippen LogP contribution in [0, 0.1) is 0 Å². The predicted molar refractivity (Wildman–Crippen MR) is 153 cm³/mol. The topological polar surface area (TPSA) is 75.7 Å². The van der Waals surface area contributed by atoms with Gasteiger partial charge in [0, 0.05) is 30.2 Å². The van der Waals surface area contributed by atoms with Crippen molar-refractivity contribution < 1.29 is 17.9 Å². The molecule has 3 aromatic carbocycles. The molecule has 0 radical (unpaired) electrons. The highest BCUT2D eigenvalue weighted by atomic mass is 79.9. The lowest BCUT2D eigenvalue weighted by molar-refractivity contribution is -0.129. The molecular formula is C28H32BrClN2O4S. The summed E-state index contributed by atoms with van der Waals surface area (Å²) in [6, 6.07) is 20.1. The van der Waals surface area contributed by atoms with Gasteiger partial charge in [0.25, 0.3) is 0 Å². The summed E-state index contributed by atoms with van der Waals surface area (Å²) >= 11 is 9.58. The third kappa shape index (κ3) is 8.04. The molecule has 3 aromatic rings. The molecule has 0 saturated heterocycles. The van der Waals surface area contributed by atoms with Gasteiger partial charge in [-0.25, -0.2) is 13.1 Å². The summed E-state index contributed by atoms with van der Waals surface area (Å²) in [5.41, 5.74) is 3.29. The van der Waals surface area contributed by atoms with Gasteiger partial charge in [-0.05, 0) is 59.9 Å². The Morgan fingerprint density at radius 1 is 0.973 bits per heavy atom. The monoisotopic (exact) mass is 606 g/mol. The molecule has 198 valence electrons. The smallest absolute Gasteiger partial charge is 0.240 e. The van der Waals surface area contributed by atoms with Gasteiger partial charge in [-0.2, -0.15) is 0 Å². The number of hydrogen-bond donors (Lipinski definition) is 1. The Labute approximate surface area is 233 Å². The van der Waals surface area contributed by atoms with E-state index in [0.29, 0.717) is 30.3 Å². The summed E-state index contributed by atoms with van der Waals surface area (Å²) in [4.78, 5) is 14.9. The Bertz CT molecular complexity index is 1300. The van der Waals surface area contributed by atoms with E-state index in [1.54, 1.807) is 35.2 Å². The lowest BCUT2D eigenvalue weighted by Gasteiger charge is -2.25. The second-order valence-corrected chi connectivity index (χ2v) is 11.3. The fourth-order valence-corrected chi connectivity index (χ4v) is 5.57. The van der Waals surface area contributed by atoms with Crippen LogP contribution in [-0.4, -0.2) is 37.7 Å². The molecule has 0 unspecified atom stereocenters. The Balaban J connectivity index is 2.05. The van der Waals surface area contributed by atoms with Crippen LogP contribution < -0.4 is 9.46 Å². The maximum absolute atomic E-state index is 13.1. The van der Waals surface area contributed by atoms with Gasteiger partial charge in [0.05, 0.1) is 16.8 Å². The van der Waals surface area contributed by atoms with Gasteiger partial charge in [-0.1, -0.05) is 77.8 Å². The van der Waals surface area contributed by atoms with E-state index < -0.39 is 10.0 Å². The number of nitrogens with one attached hydrogen (secondary N) is 1. The van der Waals surface area contributed by atoms with Gasteiger partial charge in [0.2, 0.25) is 15.9 Å². The molecule has 0 aliphatic rings. The molecule has 0 heterocycles. The van der Waals surface area contributed by atoms with E-state index in [0.717, 1.165) is 28.7 Å².